The molecule has 0 saturated heterocycles. The third-order valence-corrected chi connectivity index (χ3v) is 3.54. The van der Waals surface area contributed by atoms with Crippen LogP contribution in [-0.4, -0.2) is 21.1 Å². The average Bonchev–Trinajstić information content (AvgIpc) is 3.06. The summed E-state index contributed by atoms with van der Waals surface area (Å²) in [7, 11) is 0. The smallest absolute Gasteiger partial charge is 0.365 e. The molecular weight excluding hydrogens is 318 g/mol. The molecular formula is C19H13N3O3. The number of aromatic nitrogens is 3. The van der Waals surface area contributed by atoms with Gasteiger partial charge in [0.15, 0.2) is 0 Å². The molecule has 0 spiro atoms. The molecule has 0 aliphatic heterocycles. The van der Waals surface area contributed by atoms with Crippen LogP contribution in [-0.2, 0) is 0 Å². The van der Waals surface area contributed by atoms with Crippen molar-refractivity contribution < 1.29 is 14.4 Å². The van der Waals surface area contributed by atoms with E-state index >= 15 is 0 Å². The van der Waals surface area contributed by atoms with Crippen LogP contribution in [0.1, 0.15) is 10.4 Å². The molecule has 0 aliphatic carbocycles. The van der Waals surface area contributed by atoms with Gasteiger partial charge >= 0.3 is 5.97 Å². The standard InChI is InChI=1S/C19H13N3O3/c23-19(25-22-18-12-5-4-11-17(18)20-21-22)14-7-6-10-16(13-14)24-15-8-2-1-3-9-15/h1-13H. The quantitative estimate of drug-likeness (QED) is 0.536. The zero-order valence-corrected chi connectivity index (χ0v) is 13.1. The zero-order valence-electron chi connectivity index (χ0n) is 13.1. The number of hydrogen-bond acceptors (Lipinski definition) is 5. The minimum absolute atomic E-state index is 0.355. The fraction of sp³-hybridized carbons (Fsp3) is 0. The highest BCUT2D eigenvalue weighted by Crippen LogP contribution is 2.22. The van der Waals surface area contributed by atoms with Crippen molar-refractivity contribution in [1.82, 2.24) is 15.2 Å². The number of hydrogen-bond donors (Lipinski definition) is 0. The predicted molar refractivity (Wildman–Crippen MR) is 91.4 cm³/mol. The lowest BCUT2D eigenvalue weighted by atomic mass is 10.2. The highest BCUT2D eigenvalue weighted by atomic mass is 16.7. The number of para-hydroxylation sites is 2. The van der Waals surface area contributed by atoms with Crippen molar-refractivity contribution in [2.24, 2.45) is 0 Å². The number of fused-ring (bicyclic) bond motifs is 1. The lowest BCUT2D eigenvalue weighted by molar-refractivity contribution is 0.0408. The second-order valence-corrected chi connectivity index (χ2v) is 5.27. The van der Waals surface area contributed by atoms with Crippen LogP contribution in [0.2, 0.25) is 0 Å². The summed E-state index contributed by atoms with van der Waals surface area (Å²) in [5.41, 5.74) is 1.62. The second-order valence-electron chi connectivity index (χ2n) is 5.27. The van der Waals surface area contributed by atoms with Crippen molar-refractivity contribution in [2.75, 3.05) is 0 Å². The maximum atomic E-state index is 12.4. The Hall–Kier alpha value is -3.67. The zero-order chi connectivity index (χ0) is 17.1. The number of carbonyl (C=O) groups excluding carboxylic acids is 1. The largest absolute Gasteiger partial charge is 0.457 e. The molecule has 0 radical (unpaired) electrons. The normalized spacial score (nSPS) is 10.6. The molecule has 122 valence electrons. The van der Waals surface area contributed by atoms with Crippen LogP contribution in [0.25, 0.3) is 11.0 Å². The van der Waals surface area contributed by atoms with Crippen LogP contribution in [0, 0.1) is 0 Å². The first-order valence-corrected chi connectivity index (χ1v) is 7.66. The first kappa shape index (κ1) is 14.9. The number of rotatable bonds is 4. The fourth-order valence-electron chi connectivity index (χ4n) is 2.36. The van der Waals surface area contributed by atoms with Crippen LogP contribution in [0.5, 0.6) is 11.5 Å². The Morgan fingerprint density at radius 1 is 0.840 bits per heavy atom. The maximum absolute atomic E-state index is 12.4. The molecule has 0 fully saturated rings. The molecule has 0 saturated carbocycles. The summed E-state index contributed by atoms with van der Waals surface area (Å²) < 4.78 is 5.73. The average molecular weight is 331 g/mol. The van der Waals surface area contributed by atoms with Crippen molar-refractivity contribution in [3.63, 3.8) is 0 Å². The molecule has 4 rings (SSSR count). The maximum Gasteiger partial charge on any atom is 0.365 e. The Morgan fingerprint density at radius 2 is 1.60 bits per heavy atom. The number of carbonyl (C=O) groups is 1. The first-order valence-electron chi connectivity index (χ1n) is 7.66. The van der Waals surface area contributed by atoms with E-state index in [9.17, 15) is 4.79 Å². The molecule has 0 N–H and O–H groups in total. The first-order chi connectivity index (χ1) is 12.3. The molecule has 0 atom stereocenters. The lowest BCUT2D eigenvalue weighted by Gasteiger charge is -2.07. The van der Waals surface area contributed by atoms with Crippen LogP contribution in [0.4, 0.5) is 0 Å². The van der Waals surface area contributed by atoms with E-state index in [-0.39, 0.29) is 0 Å². The van der Waals surface area contributed by atoms with Gasteiger partial charge in [0.05, 0.1) is 5.56 Å². The van der Waals surface area contributed by atoms with E-state index < -0.39 is 5.97 Å². The molecule has 25 heavy (non-hydrogen) atoms. The number of benzene rings is 3. The number of nitrogens with zero attached hydrogens (tertiary/aromatic N) is 3. The minimum atomic E-state index is -0.547. The fourth-order valence-corrected chi connectivity index (χ4v) is 2.36. The monoisotopic (exact) mass is 331 g/mol. The summed E-state index contributed by atoms with van der Waals surface area (Å²) in [6, 6.07) is 23.3. The van der Waals surface area contributed by atoms with Crippen LogP contribution in [0.15, 0.2) is 78.9 Å². The summed E-state index contributed by atoms with van der Waals surface area (Å²) in [5, 5.41) is 7.79. The summed E-state index contributed by atoms with van der Waals surface area (Å²) in [6.07, 6.45) is 0. The van der Waals surface area contributed by atoms with Gasteiger partial charge in [0.25, 0.3) is 0 Å². The number of ether oxygens (including phenoxy) is 1. The summed E-state index contributed by atoms with van der Waals surface area (Å²) >= 11 is 0. The SMILES string of the molecule is O=C(On1nnc2ccccc21)c1cccc(Oc2ccccc2)c1. The van der Waals surface area contributed by atoms with E-state index in [4.69, 9.17) is 9.57 Å². The van der Waals surface area contributed by atoms with Gasteiger partial charge in [-0.05, 0) is 47.7 Å². The van der Waals surface area contributed by atoms with E-state index in [1.54, 1.807) is 36.4 Å². The van der Waals surface area contributed by atoms with Gasteiger partial charge in [0.1, 0.15) is 22.5 Å². The molecule has 0 aliphatic rings. The summed E-state index contributed by atoms with van der Waals surface area (Å²) in [5.74, 6) is 0.688. The van der Waals surface area contributed by atoms with Gasteiger partial charge in [-0.15, -0.1) is 5.10 Å². The van der Waals surface area contributed by atoms with E-state index in [0.717, 1.165) is 4.85 Å². The molecule has 6 heteroatoms. The van der Waals surface area contributed by atoms with E-state index in [0.29, 0.717) is 28.1 Å². The topological polar surface area (TPSA) is 66.2 Å². The van der Waals surface area contributed by atoms with Crippen molar-refractivity contribution in [3.05, 3.63) is 84.4 Å². The molecule has 1 heterocycles. The Balaban J connectivity index is 1.55. The Morgan fingerprint density at radius 3 is 2.48 bits per heavy atom. The molecule has 0 amide bonds. The van der Waals surface area contributed by atoms with Crippen molar-refractivity contribution in [1.29, 1.82) is 0 Å². The predicted octanol–water partition coefficient (Wildman–Crippen LogP) is 3.49. The highest BCUT2D eigenvalue weighted by molar-refractivity contribution is 5.90. The second kappa shape index (κ2) is 6.45. The lowest BCUT2D eigenvalue weighted by Crippen LogP contribution is -2.21. The van der Waals surface area contributed by atoms with Crippen molar-refractivity contribution >= 4 is 17.0 Å². The van der Waals surface area contributed by atoms with Crippen LogP contribution >= 0.6 is 0 Å². The minimum Gasteiger partial charge on any atom is -0.457 e. The Bertz CT molecular complexity index is 1030. The summed E-state index contributed by atoms with van der Waals surface area (Å²) in [4.78, 5) is 18.8. The third-order valence-electron chi connectivity index (χ3n) is 3.54. The van der Waals surface area contributed by atoms with Gasteiger partial charge in [0, 0.05) is 0 Å². The van der Waals surface area contributed by atoms with Gasteiger partial charge in [-0.3, -0.25) is 0 Å². The molecule has 6 nitrogen and oxygen atoms in total. The van der Waals surface area contributed by atoms with Gasteiger partial charge in [0.2, 0.25) is 0 Å². The van der Waals surface area contributed by atoms with Gasteiger partial charge in [-0.25, -0.2) is 4.79 Å². The van der Waals surface area contributed by atoms with E-state index in [1.165, 1.54) is 0 Å². The van der Waals surface area contributed by atoms with Crippen LogP contribution in [0.3, 0.4) is 0 Å². The third kappa shape index (κ3) is 3.18. The highest BCUT2D eigenvalue weighted by Gasteiger charge is 2.13. The van der Waals surface area contributed by atoms with Crippen LogP contribution < -0.4 is 9.57 Å². The van der Waals surface area contributed by atoms with Gasteiger partial charge in [-0.1, -0.05) is 41.2 Å². The van der Waals surface area contributed by atoms with Crippen molar-refractivity contribution in [2.45, 2.75) is 0 Å². The molecule has 4 aromatic rings. The van der Waals surface area contributed by atoms with E-state index in [2.05, 4.69) is 10.3 Å². The Kier molecular flexibility index (Phi) is 3.84. The molecule has 0 bridgehead atoms. The molecule has 3 aromatic carbocycles. The Labute approximate surface area is 143 Å². The van der Waals surface area contributed by atoms with Crippen molar-refractivity contribution in [3.8, 4) is 11.5 Å². The summed E-state index contributed by atoms with van der Waals surface area (Å²) in [6.45, 7) is 0. The van der Waals surface area contributed by atoms with Gasteiger partial charge in [-0.2, -0.15) is 0 Å². The molecule has 0 unspecified atom stereocenters. The van der Waals surface area contributed by atoms with E-state index in [1.807, 2.05) is 42.5 Å². The van der Waals surface area contributed by atoms with Gasteiger partial charge < -0.3 is 9.57 Å². The molecule has 1 aromatic heterocycles.